The highest BCUT2D eigenvalue weighted by Crippen LogP contribution is 2.29. The molecule has 0 aliphatic carbocycles. The summed E-state index contributed by atoms with van der Waals surface area (Å²) in [5.41, 5.74) is 2.03. The zero-order chi connectivity index (χ0) is 15.4. The highest BCUT2D eigenvalue weighted by atomic mass is 79.9. The summed E-state index contributed by atoms with van der Waals surface area (Å²) in [6.45, 7) is 5.30. The number of hydrogen-bond donors (Lipinski definition) is 1. The van der Waals surface area contributed by atoms with Crippen LogP contribution in [0.1, 0.15) is 18.9 Å². The molecule has 0 aromatic heterocycles. The fraction of sp³-hybridized carbons (Fsp3) is 0.438. The molecule has 1 fully saturated rings. The largest absolute Gasteiger partial charge is 0.478 e. The van der Waals surface area contributed by atoms with Gasteiger partial charge >= 0.3 is 5.97 Å². The van der Waals surface area contributed by atoms with Crippen LogP contribution >= 0.6 is 15.9 Å². The first-order valence-electron chi connectivity index (χ1n) is 7.13. The van der Waals surface area contributed by atoms with Crippen molar-refractivity contribution in [2.75, 3.05) is 31.6 Å². The summed E-state index contributed by atoms with van der Waals surface area (Å²) >= 11 is 3.52. The summed E-state index contributed by atoms with van der Waals surface area (Å²) in [5.74, 6) is -0.924. The van der Waals surface area contributed by atoms with Crippen LogP contribution in [0.2, 0.25) is 0 Å². The molecule has 1 N–H and O–H groups in total. The molecule has 1 aromatic rings. The van der Waals surface area contributed by atoms with Crippen molar-refractivity contribution >= 4 is 33.7 Å². The van der Waals surface area contributed by atoms with Crippen LogP contribution in [0.4, 0.5) is 5.69 Å². The minimum absolute atomic E-state index is 0.392. The van der Waals surface area contributed by atoms with Crippen LogP contribution in [0, 0.1) is 0 Å². The van der Waals surface area contributed by atoms with Gasteiger partial charge in [0, 0.05) is 35.4 Å². The van der Waals surface area contributed by atoms with Gasteiger partial charge in [0.05, 0.1) is 0 Å². The van der Waals surface area contributed by atoms with Gasteiger partial charge in [0.2, 0.25) is 0 Å². The average Bonchev–Trinajstić information content (AvgIpc) is 2.57. The van der Waals surface area contributed by atoms with Crippen LogP contribution in [0.5, 0.6) is 0 Å². The SMILES string of the molecule is CC1CN(C)CCCN1c1cc(Br)ccc1/C=C/C(=O)O. The van der Waals surface area contributed by atoms with Crippen LogP contribution in [-0.2, 0) is 4.79 Å². The fourth-order valence-corrected chi connectivity index (χ4v) is 3.15. The molecule has 1 saturated heterocycles. The number of carboxylic acids is 1. The second kappa shape index (κ2) is 7.09. The fourth-order valence-electron chi connectivity index (χ4n) is 2.80. The number of rotatable bonds is 3. The third-order valence-electron chi connectivity index (χ3n) is 3.75. The van der Waals surface area contributed by atoms with Gasteiger partial charge in [-0.25, -0.2) is 4.79 Å². The lowest BCUT2D eigenvalue weighted by Crippen LogP contribution is -2.38. The van der Waals surface area contributed by atoms with Gasteiger partial charge in [-0.1, -0.05) is 22.0 Å². The summed E-state index contributed by atoms with van der Waals surface area (Å²) in [6, 6.07) is 6.37. The van der Waals surface area contributed by atoms with E-state index in [1.54, 1.807) is 6.08 Å². The Kier molecular flexibility index (Phi) is 5.42. The number of carboxylic acid groups (broad SMARTS) is 1. The first-order valence-corrected chi connectivity index (χ1v) is 7.92. The molecular formula is C16H21BrN2O2. The van der Waals surface area contributed by atoms with Crippen molar-refractivity contribution in [3.63, 3.8) is 0 Å². The monoisotopic (exact) mass is 352 g/mol. The Hall–Kier alpha value is -1.33. The smallest absolute Gasteiger partial charge is 0.328 e. The lowest BCUT2D eigenvalue weighted by atomic mass is 10.1. The molecule has 0 spiro atoms. The standard InChI is InChI=1S/C16H21BrN2O2/c1-12-11-18(2)8-3-9-19(12)15-10-14(17)6-4-13(15)5-7-16(20)21/h4-7,10,12H,3,8-9,11H2,1-2H3,(H,20,21)/b7-5+. The minimum Gasteiger partial charge on any atom is -0.478 e. The van der Waals surface area contributed by atoms with Crippen LogP contribution in [0.3, 0.4) is 0 Å². The maximum absolute atomic E-state index is 10.8. The number of benzene rings is 1. The van der Waals surface area contributed by atoms with Gasteiger partial charge < -0.3 is 14.9 Å². The molecule has 0 bridgehead atoms. The van der Waals surface area contributed by atoms with E-state index in [2.05, 4.69) is 45.8 Å². The van der Waals surface area contributed by atoms with Crippen molar-refractivity contribution in [3.05, 3.63) is 34.3 Å². The molecule has 0 amide bonds. The third-order valence-corrected chi connectivity index (χ3v) is 4.25. The number of carbonyl (C=O) groups is 1. The molecule has 1 aliphatic heterocycles. The summed E-state index contributed by atoms with van der Waals surface area (Å²) in [4.78, 5) is 15.5. The molecule has 1 heterocycles. The molecular weight excluding hydrogens is 332 g/mol. The molecule has 1 aromatic carbocycles. The maximum Gasteiger partial charge on any atom is 0.328 e. The van der Waals surface area contributed by atoms with E-state index in [4.69, 9.17) is 5.11 Å². The number of likely N-dealkylation sites (N-methyl/N-ethyl adjacent to an activating group) is 1. The summed E-state index contributed by atoms with van der Waals surface area (Å²) in [7, 11) is 2.14. The van der Waals surface area contributed by atoms with Gasteiger partial charge in [-0.3, -0.25) is 0 Å². The van der Waals surface area contributed by atoms with Crippen molar-refractivity contribution in [2.24, 2.45) is 0 Å². The summed E-state index contributed by atoms with van der Waals surface area (Å²) in [6.07, 6.45) is 3.97. The Morgan fingerprint density at radius 3 is 2.90 bits per heavy atom. The Morgan fingerprint density at radius 2 is 2.19 bits per heavy atom. The van der Waals surface area contributed by atoms with E-state index < -0.39 is 5.97 Å². The van der Waals surface area contributed by atoms with Gasteiger partial charge in [0.1, 0.15) is 0 Å². The van der Waals surface area contributed by atoms with E-state index in [9.17, 15) is 4.79 Å². The van der Waals surface area contributed by atoms with Crippen molar-refractivity contribution in [3.8, 4) is 0 Å². The van der Waals surface area contributed by atoms with E-state index in [1.807, 2.05) is 12.1 Å². The Morgan fingerprint density at radius 1 is 1.43 bits per heavy atom. The summed E-state index contributed by atoms with van der Waals surface area (Å²) < 4.78 is 1.01. The minimum atomic E-state index is -0.924. The molecule has 4 nitrogen and oxygen atoms in total. The predicted molar refractivity (Wildman–Crippen MR) is 89.7 cm³/mol. The van der Waals surface area contributed by atoms with Gasteiger partial charge in [-0.15, -0.1) is 0 Å². The molecule has 1 aliphatic rings. The van der Waals surface area contributed by atoms with E-state index >= 15 is 0 Å². The molecule has 21 heavy (non-hydrogen) atoms. The van der Waals surface area contributed by atoms with E-state index in [1.165, 1.54) is 6.08 Å². The van der Waals surface area contributed by atoms with E-state index in [-0.39, 0.29) is 0 Å². The molecule has 1 atom stereocenters. The van der Waals surface area contributed by atoms with Crippen molar-refractivity contribution in [2.45, 2.75) is 19.4 Å². The Balaban J connectivity index is 2.36. The van der Waals surface area contributed by atoms with Crippen LogP contribution in [0.25, 0.3) is 6.08 Å². The molecule has 5 heteroatoms. The predicted octanol–water partition coefficient (Wildman–Crippen LogP) is 3.08. The molecule has 1 unspecified atom stereocenters. The van der Waals surface area contributed by atoms with Crippen molar-refractivity contribution < 1.29 is 9.90 Å². The highest BCUT2D eigenvalue weighted by Gasteiger charge is 2.21. The second-order valence-electron chi connectivity index (χ2n) is 5.53. The maximum atomic E-state index is 10.8. The number of halogens is 1. The van der Waals surface area contributed by atoms with Gasteiger partial charge in [0.25, 0.3) is 0 Å². The molecule has 2 rings (SSSR count). The summed E-state index contributed by atoms with van der Waals surface area (Å²) in [5, 5.41) is 8.85. The van der Waals surface area contributed by atoms with Crippen LogP contribution < -0.4 is 4.90 Å². The number of aliphatic carboxylic acids is 1. The van der Waals surface area contributed by atoms with E-state index in [0.717, 1.165) is 41.8 Å². The first kappa shape index (κ1) is 16.0. The lowest BCUT2D eigenvalue weighted by molar-refractivity contribution is -0.131. The zero-order valence-corrected chi connectivity index (χ0v) is 14.0. The van der Waals surface area contributed by atoms with Gasteiger partial charge in [-0.05, 0) is 50.7 Å². The highest BCUT2D eigenvalue weighted by molar-refractivity contribution is 9.10. The molecule has 0 radical (unpaired) electrons. The number of nitrogens with zero attached hydrogens (tertiary/aromatic N) is 2. The van der Waals surface area contributed by atoms with Gasteiger partial charge in [-0.2, -0.15) is 0 Å². The van der Waals surface area contributed by atoms with Crippen molar-refractivity contribution in [1.82, 2.24) is 4.90 Å². The zero-order valence-electron chi connectivity index (χ0n) is 12.4. The topological polar surface area (TPSA) is 43.8 Å². The number of anilines is 1. The van der Waals surface area contributed by atoms with Crippen molar-refractivity contribution in [1.29, 1.82) is 0 Å². The molecule has 0 saturated carbocycles. The lowest BCUT2D eigenvalue weighted by Gasteiger charge is -2.31. The quantitative estimate of drug-likeness (QED) is 0.849. The van der Waals surface area contributed by atoms with Gasteiger partial charge in [0.15, 0.2) is 0 Å². The average molecular weight is 353 g/mol. The Labute approximate surface area is 134 Å². The number of hydrogen-bond acceptors (Lipinski definition) is 3. The van der Waals surface area contributed by atoms with Crippen LogP contribution in [-0.4, -0.2) is 48.7 Å². The Bertz CT molecular complexity index is 545. The third kappa shape index (κ3) is 4.32. The van der Waals surface area contributed by atoms with E-state index in [0.29, 0.717) is 6.04 Å². The molecule has 114 valence electrons. The normalized spacial score (nSPS) is 20.7. The van der Waals surface area contributed by atoms with Crippen LogP contribution in [0.15, 0.2) is 28.7 Å². The first-order chi connectivity index (χ1) is 9.97. The second-order valence-corrected chi connectivity index (χ2v) is 6.45.